The highest BCUT2D eigenvalue weighted by atomic mass is 32.2. The number of nitrogens with zero attached hydrogens (tertiary/aromatic N) is 2. The zero-order chi connectivity index (χ0) is 23.6. The lowest BCUT2D eigenvalue weighted by Crippen LogP contribution is -2.26. The molecule has 0 bridgehead atoms. The van der Waals surface area contributed by atoms with E-state index < -0.39 is 10.0 Å². The second-order valence-electron chi connectivity index (χ2n) is 7.83. The number of hydrogen-bond donors (Lipinski definition) is 1. The molecule has 3 aromatic rings. The Labute approximate surface area is 193 Å². The summed E-state index contributed by atoms with van der Waals surface area (Å²) in [6.45, 7) is 3.34. The summed E-state index contributed by atoms with van der Waals surface area (Å²) in [5.41, 5.74) is 5.12. The number of benzene rings is 3. The van der Waals surface area contributed by atoms with Crippen molar-refractivity contribution in [2.75, 3.05) is 13.7 Å². The molecule has 0 aliphatic carbocycles. The lowest BCUT2D eigenvalue weighted by Gasteiger charge is -2.20. The molecule has 33 heavy (non-hydrogen) atoms. The maximum Gasteiger partial charge on any atom is 0.254 e. The maximum atomic E-state index is 13.2. The number of fused-ring (bicyclic) bond motifs is 1. The molecule has 170 valence electrons. The minimum absolute atomic E-state index is 0.0155. The van der Waals surface area contributed by atoms with Crippen LogP contribution in [0.3, 0.4) is 0 Å². The van der Waals surface area contributed by atoms with Crippen LogP contribution < -0.4 is 9.88 Å². The molecule has 1 aliphatic heterocycles. The van der Waals surface area contributed by atoms with Crippen molar-refractivity contribution in [3.8, 4) is 16.9 Å². The van der Waals surface area contributed by atoms with Crippen LogP contribution in [-0.4, -0.2) is 39.1 Å². The van der Waals surface area contributed by atoms with E-state index in [4.69, 9.17) is 9.88 Å². The highest BCUT2D eigenvalue weighted by molar-refractivity contribution is 7.89. The first-order valence-electron chi connectivity index (χ1n) is 10.5. The van der Waals surface area contributed by atoms with Crippen LogP contribution in [0.1, 0.15) is 34.0 Å². The highest BCUT2D eigenvalue weighted by Crippen LogP contribution is 2.33. The van der Waals surface area contributed by atoms with Crippen molar-refractivity contribution >= 4 is 22.1 Å². The average molecular weight is 464 g/mol. The topological polar surface area (TPSA) is 102 Å². The normalized spacial score (nSPS) is 12.5. The van der Waals surface area contributed by atoms with E-state index in [9.17, 15) is 13.2 Å². The van der Waals surface area contributed by atoms with E-state index in [0.29, 0.717) is 42.1 Å². The van der Waals surface area contributed by atoms with E-state index in [1.165, 1.54) is 12.1 Å². The number of sulfonamides is 1. The van der Waals surface area contributed by atoms with Gasteiger partial charge in [-0.2, -0.15) is 0 Å². The molecular formula is C25H25N3O4S. The van der Waals surface area contributed by atoms with Gasteiger partial charge in [-0.25, -0.2) is 13.6 Å². The molecule has 3 aromatic carbocycles. The van der Waals surface area contributed by atoms with Crippen LogP contribution in [-0.2, 0) is 23.1 Å². The van der Waals surface area contributed by atoms with E-state index in [1.54, 1.807) is 42.3 Å². The van der Waals surface area contributed by atoms with Gasteiger partial charge in [-0.15, -0.1) is 0 Å². The zero-order valence-electron chi connectivity index (χ0n) is 18.5. The number of carbonyl (C=O) groups excluding carboxylic acids is 1. The van der Waals surface area contributed by atoms with E-state index in [2.05, 4.69) is 4.99 Å². The van der Waals surface area contributed by atoms with E-state index in [1.807, 2.05) is 31.3 Å². The number of carbonyl (C=O) groups is 1. The summed E-state index contributed by atoms with van der Waals surface area (Å²) in [5, 5.41) is 5.28. The van der Waals surface area contributed by atoms with Crippen molar-refractivity contribution < 1.29 is 17.9 Å². The third-order valence-electron chi connectivity index (χ3n) is 5.55. The highest BCUT2D eigenvalue weighted by Gasteiger charge is 2.19. The Morgan fingerprint density at radius 2 is 1.91 bits per heavy atom. The summed E-state index contributed by atoms with van der Waals surface area (Å²) < 4.78 is 29.3. The van der Waals surface area contributed by atoms with Crippen molar-refractivity contribution in [3.63, 3.8) is 0 Å². The number of primary sulfonamides is 1. The fourth-order valence-electron chi connectivity index (χ4n) is 3.91. The number of aliphatic imine (C=N–C) groups is 1. The molecule has 0 saturated carbocycles. The SMILES string of the molecule is CCOc1cc(C(=O)N(C)Cc2cccc3c2CN=C3)ccc1-c1cccc(S(N)(=O)=O)c1. The lowest BCUT2D eigenvalue weighted by molar-refractivity contribution is 0.0784. The first-order valence-corrected chi connectivity index (χ1v) is 12.1. The Balaban J connectivity index is 1.62. The smallest absolute Gasteiger partial charge is 0.254 e. The zero-order valence-corrected chi connectivity index (χ0v) is 19.3. The van der Waals surface area contributed by atoms with Gasteiger partial charge in [0.2, 0.25) is 10.0 Å². The summed E-state index contributed by atoms with van der Waals surface area (Å²) in [6.07, 6.45) is 1.86. The molecule has 0 unspecified atom stereocenters. The largest absolute Gasteiger partial charge is 0.493 e. The van der Waals surface area contributed by atoms with Crippen molar-refractivity contribution in [3.05, 3.63) is 82.9 Å². The standard InChI is InChI=1S/C25H25N3O4S/c1-3-32-24-13-18(10-11-22(24)17-6-5-9-21(12-17)33(26,30)31)25(29)28(2)16-20-8-4-7-19-14-27-15-23(19)20/h4-14H,3,15-16H2,1-2H3,(H2,26,30,31). The summed E-state index contributed by atoms with van der Waals surface area (Å²) in [5.74, 6) is 0.356. The molecule has 0 fully saturated rings. The molecule has 2 N–H and O–H groups in total. The number of hydrogen-bond acceptors (Lipinski definition) is 5. The monoisotopic (exact) mass is 463 g/mol. The van der Waals surface area contributed by atoms with Crippen LogP contribution in [0.15, 0.2) is 70.6 Å². The number of amides is 1. The predicted molar refractivity (Wildman–Crippen MR) is 128 cm³/mol. The van der Waals surface area contributed by atoms with Gasteiger partial charge in [-0.1, -0.05) is 30.3 Å². The quantitative estimate of drug-likeness (QED) is 0.578. The van der Waals surface area contributed by atoms with Crippen LogP contribution in [0, 0.1) is 0 Å². The van der Waals surface area contributed by atoms with Crippen molar-refractivity contribution in [1.29, 1.82) is 0 Å². The van der Waals surface area contributed by atoms with E-state index in [0.717, 1.165) is 16.7 Å². The summed E-state index contributed by atoms with van der Waals surface area (Å²) in [4.78, 5) is 19.2. The second kappa shape index (κ2) is 9.17. The molecule has 7 nitrogen and oxygen atoms in total. The van der Waals surface area contributed by atoms with Gasteiger partial charge in [0.25, 0.3) is 5.91 Å². The Morgan fingerprint density at radius 3 is 2.67 bits per heavy atom. The van der Waals surface area contributed by atoms with E-state index >= 15 is 0 Å². The second-order valence-corrected chi connectivity index (χ2v) is 9.39. The maximum absolute atomic E-state index is 13.2. The minimum atomic E-state index is -3.84. The molecular weight excluding hydrogens is 438 g/mol. The van der Waals surface area contributed by atoms with Gasteiger partial charge in [0.1, 0.15) is 5.75 Å². The van der Waals surface area contributed by atoms with Crippen molar-refractivity contribution in [1.82, 2.24) is 4.90 Å². The molecule has 0 radical (unpaired) electrons. The summed E-state index contributed by atoms with van der Waals surface area (Å²) >= 11 is 0. The molecule has 1 aliphatic rings. The fourth-order valence-corrected chi connectivity index (χ4v) is 4.47. The van der Waals surface area contributed by atoms with Crippen LogP contribution >= 0.6 is 0 Å². The third kappa shape index (κ3) is 4.81. The Kier molecular flexibility index (Phi) is 6.31. The summed E-state index contributed by atoms with van der Waals surface area (Å²) in [6, 6.07) is 17.5. The van der Waals surface area contributed by atoms with Crippen molar-refractivity contribution in [2.45, 2.75) is 24.9 Å². The first-order chi connectivity index (χ1) is 15.8. The van der Waals surface area contributed by atoms with Gasteiger partial charge < -0.3 is 9.64 Å². The van der Waals surface area contributed by atoms with Crippen LogP contribution in [0.5, 0.6) is 5.75 Å². The predicted octanol–water partition coefficient (Wildman–Crippen LogP) is 3.60. The first kappa shape index (κ1) is 22.7. The van der Waals surface area contributed by atoms with Crippen LogP contribution in [0.2, 0.25) is 0 Å². The Morgan fingerprint density at radius 1 is 1.12 bits per heavy atom. The van der Waals surface area contributed by atoms with Gasteiger partial charge in [0.05, 0.1) is 18.0 Å². The fraction of sp³-hybridized carbons (Fsp3) is 0.200. The van der Waals surface area contributed by atoms with E-state index in [-0.39, 0.29) is 10.8 Å². The van der Waals surface area contributed by atoms with Gasteiger partial charge in [-0.3, -0.25) is 9.79 Å². The third-order valence-corrected chi connectivity index (χ3v) is 6.46. The van der Waals surface area contributed by atoms with Crippen LogP contribution in [0.4, 0.5) is 0 Å². The van der Waals surface area contributed by atoms with Gasteiger partial charge in [0, 0.05) is 30.9 Å². The number of nitrogens with two attached hydrogens (primary N) is 1. The molecule has 4 rings (SSSR count). The van der Waals surface area contributed by atoms with Gasteiger partial charge in [-0.05, 0) is 59.5 Å². The molecule has 1 amide bonds. The van der Waals surface area contributed by atoms with Gasteiger partial charge >= 0.3 is 0 Å². The summed E-state index contributed by atoms with van der Waals surface area (Å²) in [7, 11) is -2.07. The molecule has 0 spiro atoms. The molecule has 8 heteroatoms. The molecule has 0 atom stereocenters. The van der Waals surface area contributed by atoms with Crippen LogP contribution in [0.25, 0.3) is 11.1 Å². The number of rotatable bonds is 7. The Hall–Kier alpha value is -3.49. The van der Waals surface area contributed by atoms with Crippen molar-refractivity contribution in [2.24, 2.45) is 10.1 Å². The lowest BCUT2D eigenvalue weighted by atomic mass is 10.0. The molecule has 1 heterocycles. The Bertz CT molecular complexity index is 1350. The van der Waals surface area contributed by atoms with Gasteiger partial charge in [0.15, 0.2) is 0 Å². The average Bonchev–Trinajstić information content (AvgIpc) is 3.28. The molecule has 0 aromatic heterocycles. The minimum Gasteiger partial charge on any atom is -0.493 e. The molecule has 0 saturated heterocycles. The number of ether oxygens (including phenoxy) is 1.